The lowest BCUT2D eigenvalue weighted by atomic mass is 9.58. The minimum absolute atomic E-state index is 0.00624. The fraction of sp³-hybridized carbons (Fsp3) is 0.519. The highest BCUT2D eigenvalue weighted by Gasteiger charge is 2.57. The number of hydrogen-bond donors (Lipinski definition) is 1. The minimum Gasteiger partial charge on any atom is -0.497 e. The second kappa shape index (κ2) is 7.89. The highest BCUT2D eigenvalue weighted by molar-refractivity contribution is 5.94. The number of carbonyl (C=O) groups excluding carboxylic acids is 1. The van der Waals surface area contributed by atoms with Crippen molar-refractivity contribution in [3.05, 3.63) is 65.2 Å². The van der Waals surface area contributed by atoms with Crippen LogP contribution in [0.3, 0.4) is 0 Å². The van der Waals surface area contributed by atoms with Gasteiger partial charge in [-0.25, -0.2) is 0 Å². The van der Waals surface area contributed by atoms with E-state index in [-0.39, 0.29) is 23.5 Å². The van der Waals surface area contributed by atoms with E-state index in [1.54, 1.807) is 7.11 Å². The molecule has 2 aliphatic carbocycles. The Balaban J connectivity index is 1.32. The SMILES string of the molecule is COc1ccc2c(c1)C13CCN(CC4CC4)C(C2)C1OCC(NC(=O)c1ccccc1)C3. The molecule has 2 aromatic rings. The summed E-state index contributed by atoms with van der Waals surface area (Å²) in [4.78, 5) is 15.6. The van der Waals surface area contributed by atoms with Crippen molar-refractivity contribution in [1.82, 2.24) is 10.2 Å². The largest absolute Gasteiger partial charge is 0.497 e. The number of methoxy groups -OCH3 is 1. The van der Waals surface area contributed by atoms with Gasteiger partial charge in [0.1, 0.15) is 5.75 Å². The normalized spacial score (nSPS) is 31.3. The van der Waals surface area contributed by atoms with Gasteiger partial charge in [-0.15, -0.1) is 0 Å². The van der Waals surface area contributed by atoms with Gasteiger partial charge in [0, 0.05) is 23.6 Å². The third-order valence-corrected chi connectivity index (χ3v) is 8.14. The Kier molecular flexibility index (Phi) is 4.99. The Bertz CT molecular complexity index is 1010. The molecule has 2 bridgehead atoms. The highest BCUT2D eigenvalue weighted by Crippen LogP contribution is 2.52. The zero-order valence-electron chi connectivity index (χ0n) is 18.8. The van der Waals surface area contributed by atoms with Crippen molar-refractivity contribution < 1.29 is 14.3 Å². The van der Waals surface area contributed by atoms with Gasteiger partial charge in [-0.2, -0.15) is 0 Å². The lowest BCUT2D eigenvalue weighted by molar-refractivity contribution is -0.136. The summed E-state index contributed by atoms with van der Waals surface area (Å²) in [5.74, 6) is 1.77. The number of fused-ring (bicyclic) bond motifs is 1. The van der Waals surface area contributed by atoms with Gasteiger partial charge >= 0.3 is 0 Å². The van der Waals surface area contributed by atoms with Crippen LogP contribution in [0, 0.1) is 5.92 Å². The molecule has 1 N–H and O–H groups in total. The predicted octanol–water partition coefficient (Wildman–Crippen LogP) is 3.56. The third kappa shape index (κ3) is 3.43. The molecule has 2 aromatic carbocycles. The highest BCUT2D eigenvalue weighted by atomic mass is 16.5. The molecule has 4 unspecified atom stereocenters. The van der Waals surface area contributed by atoms with Crippen LogP contribution in [0.2, 0.25) is 0 Å². The van der Waals surface area contributed by atoms with E-state index < -0.39 is 0 Å². The lowest BCUT2D eigenvalue weighted by Gasteiger charge is -2.59. The molecule has 1 amide bonds. The molecule has 2 saturated heterocycles. The van der Waals surface area contributed by atoms with Crippen LogP contribution >= 0.6 is 0 Å². The van der Waals surface area contributed by atoms with Crippen molar-refractivity contribution in [3.63, 3.8) is 0 Å². The summed E-state index contributed by atoms with van der Waals surface area (Å²) in [6.07, 6.45) is 5.96. The molecule has 0 spiro atoms. The Morgan fingerprint density at radius 3 is 2.84 bits per heavy atom. The maximum absolute atomic E-state index is 12.9. The molecule has 2 heterocycles. The number of likely N-dealkylation sites (tertiary alicyclic amines) is 1. The number of carbonyl (C=O) groups is 1. The van der Waals surface area contributed by atoms with Crippen molar-refractivity contribution in [1.29, 1.82) is 0 Å². The van der Waals surface area contributed by atoms with Crippen molar-refractivity contribution in [2.75, 3.05) is 26.8 Å². The van der Waals surface area contributed by atoms with Crippen LogP contribution in [-0.2, 0) is 16.6 Å². The molecule has 32 heavy (non-hydrogen) atoms. The molecule has 168 valence electrons. The Morgan fingerprint density at radius 2 is 2.06 bits per heavy atom. The fourth-order valence-electron chi connectivity index (χ4n) is 6.41. The molecular formula is C27H32N2O3. The van der Waals surface area contributed by atoms with Crippen LogP contribution in [-0.4, -0.2) is 55.8 Å². The number of hydrogen-bond acceptors (Lipinski definition) is 4. The van der Waals surface area contributed by atoms with E-state index in [4.69, 9.17) is 9.47 Å². The quantitative estimate of drug-likeness (QED) is 0.785. The van der Waals surface area contributed by atoms with E-state index in [0.29, 0.717) is 18.2 Å². The van der Waals surface area contributed by atoms with Crippen LogP contribution in [0.1, 0.15) is 47.2 Å². The maximum Gasteiger partial charge on any atom is 0.251 e. The molecule has 4 atom stereocenters. The summed E-state index contributed by atoms with van der Waals surface area (Å²) in [5.41, 5.74) is 3.43. The van der Waals surface area contributed by atoms with Crippen molar-refractivity contribution in [2.24, 2.45) is 5.92 Å². The zero-order valence-corrected chi connectivity index (χ0v) is 18.8. The smallest absolute Gasteiger partial charge is 0.251 e. The second-order valence-electron chi connectivity index (χ2n) is 10.1. The summed E-state index contributed by atoms with van der Waals surface area (Å²) in [7, 11) is 1.74. The van der Waals surface area contributed by atoms with Crippen molar-refractivity contribution >= 4 is 5.91 Å². The van der Waals surface area contributed by atoms with Gasteiger partial charge in [0.2, 0.25) is 0 Å². The number of piperidine rings is 1. The number of benzene rings is 2. The molecule has 0 radical (unpaired) electrons. The average Bonchev–Trinajstić information content (AvgIpc) is 3.65. The number of rotatable bonds is 5. The molecule has 3 fully saturated rings. The molecule has 4 aliphatic rings. The number of nitrogens with zero attached hydrogens (tertiary/aromatic N) is 1. The van der Waals surface area contributed by atoms with Crippen LogP contribution in [0.4, 0.5) is 0 Å². The molecular weight excluding hydrogens is 400 g/mol. The van der Waals surface area contributed by atoms with Gasteiger partial charge in [0.05, 0.1) is 25.9 Å². The summed E-state index contributed by atoms with van der Waals surface area (Å²) >= 11 is 0. The standard InChI is InChI=1S/C27H32N2O3/c1-31-22-10-9-20-13-24-25-27(23(20)14-22,11-12-29(24)16-18-7-8-18)15-21(17-32-25)28-26(30)19-5-3-2-4-6-19/h2-6,9-10,14,18,21,24-25H,7-8,11-13,15-17H2,1H3,(H,28,30). The van der Waals surface area contributed by atoms with Crippen LogP contribution in [0.25, 0.3) is 0 Å². The monoisotopic (exact) mass is 432 g/mol. The van der Waals surface area contributed by atoms with Gasteiger partial charge in [-0.05, 0) is 80.0 Å². The van der Waals surface area contributed by atoms with Crippen LogP contribution < -0.4 is 10.1 Å². The summed E-state index contributed by atoms with van der Waals surface area (Å²) in [5, 5.41) is 3.27. The van der Waals surface area contributed by atoms with Crippen LogP contribution in [0.15, 0.2) is 48.5 Å². The third-order valence-electron chi connectivity index (χ3n) is 8.14. The Hall–Kier alpha value is -2.37. The summed E-state index contributed by atoms with van der Waals surface area (Å²) in [6.45, 7) is 2.90. The van der Waals surface area contributed by atoms with Crippen molar-refractivity contribution in [3.8, 4) is 5.75 Å². The fourth-order valence-corrected chi connectivity index (χ4v) is 6.41. The number of amides is 1. The van der Waals surface area contributed by atoms with Crippen molar-refractivity contribution in [2.45, 2.75) is 55.7 Å². The van der Waals surface area contributed by atoms with E-state index in [2.05, 4.69) is 28.4 Å². The molecule has 0 aromatic heterocycles. The van der Waals surface area contributed by atoms with E-state index in [0.717, 1.165) is 37.5 Å². The van der Waals surface area contributed by atoms with E-state index in [1.165, 1.54) is 30.5 Å². The van der Waals surface area contributed by atoms with Gasteiger partial charge in [-0.1, -0.05) is 24.3 Å². The maximum atomic E-state index is 12.9. The zero-order chi connectivity index (χ0) is 21.7. The molecule has 6 rings (SSSR count). The predicted molar refractivity (Wildman–Crippen MR) is 123 cm³/mol. The van der Waals surface area contributed by atoms with Gasteiger partial charge in [-0.3, -0.25) is 9.69 Å². The van der Waals surface area contributed by atoms with Gasteiger partial charge < -0.3 is 14.8 Å². The van der Waals surface area contributed by atoms with E-state index in [1.807, 2.05) is 30.3 Å². The first-order chi connectivity index (χ1) is 15.7. The van der Waals surface area contributed by atoms with E-state index >= 15 is 0 Å². The second-order valence-corrected chi connectivity index (χ2v) is 10.1. The first kappa shape index (κ1) is 20.3. The molecule has 5 heteroatoms. The van der Waals surface area contributed by atoms with Crippen LogP contribution in [0.5, 0.6) is 5.75 Å². The topological polar surface area (TPSA) is 50.8 Å². The molecule has 5 nitrogen and oxygen atoms in total. The Morgan fingerprint density at radius 1 is 1.22 bits per heavy atom. The van der Waals surface area contributed by atoms with Gasteiger partial charge in [0.15, 0.2) is 0 Å². The van der Waals surface area contributed by atoms with Gasteiger partial charge in [0.25, 0.3) is 5.91 Å². The summed E-state index contributed by atoms with van der Waals surface area (Å²) in [6, 6.07) is 16.5. The minimum atomic E-state index is -0.0697. The first-order valence-electron chi connectivity index (χ1n) is 12.1. The number of nitrogens with one attached hydrogen (secondary N) is 1. The molecule has 1 saturated carbocycles. The lowest BCUT2D eigenvalue weighted by Crippen LogP contribution is -2.68. The first-order valence-corrected chi connectivity index (χ1v) is 12.1. The summed E-state index contributed by atoms with van der Waals surface area (Å²) < 4.78 is 12.3. The molecule has 2 aliphatic heterocycles. The number of ether oxygens (including phenoxy) is 2. The van der Waals surface area contributed by atoms with E-state index in [9.17, 15) is 4.79 Å². The average molecular weight is 433 g/mol. The Labute approximate surface area is 190 Å².